The number of carbonyl (C=O) groups excluding carboxylic acids is 1. The van der Waals surface area contributed by atoms with Crippen LogP contribution in [0.15, 0.2) is 11.0 Å². The van der Waals surface area contributed by atoms with Crippen molar-refractivity contribution < 1.29 is 14.3 Å². The third-order valence-electron chi connectivity index (χ3n) is 2.92. The first-order valence-electron chi connectivity index (χ1n) is 5.80. The molecule has 1 unspecified atom stereocenters. The monoisotopic (exact) mass is 254 g/mol. The van der Waals surface area contributed by atoms with Crippen molar-refractivity contribution in [3.05, 3.63) is 27.9 Å². The number of esters is 1. The van der Waals surface area contributed by atoms with Gasteiger partial charge >= 0.3 is 5.97 Å². The molecule has 0 amide bonds. The Hall–Kier alpha value is -1.69. The Balaban J connectivity index is 3.14. The molecule has 1 aromatic heterocycles. The van der Waals surface area contributed by atoms with Crippen molar-refractivity contribution in [3.63, 3.8) is 0 Å². The minimum Gasteiger partial charge on any atom is -0.462 e. The number of nitrogens with one attached hydrogen (secondary N) is 1. The Kier molecular flexibility index (Phi) is 4.61. The smallest absolute Gasteiger partial charge is 0.345 e. The molecule has 0 aromatic carbocycles. The van der Waals surface area contributed by atoms with E-state index < -0.39 is 17.1 Å². The van der Waals surface area contributed by atoms with Gasteiger partial charge in [0.25, 0.3) is 5.56 Å². The number of hydrogen-bond donors (Lipinski definition) is 1. The Morgan fingerprint density at radius 1 is 1.50 bits per heavy atom. The van der Waals surface area contributed by atoms with E-state index in [4.69, 9.17) is 9.47 Å². The molecule has 0 bridgehead atoms. The summed E-state index contributed by atoms with van der Waals surface area (Å²) in [6, 6.07) is 0. The summed E-state index contributed by atoms with van der Waals surface area (Å²) in [5, 5.41) is 0. The maximum absolute atomic E-state index is 11.8. The van der Waals surface area contributed by atoms with Gasteiger partial charge in [-0.25, -0.2) is 9.78 Å². The molecule has 18 heavy (non-hydrogen) atoms. The zero-order chi connectivity index (χ0) is 13.8. The second-order valence-electron chi connectivity index (χ2n) is 3.98. The van der Waals surface area contributed by atoms with Gasteiger partial charge in [-0.1, -0.05) is 6.92 Å². The van der Waals surface area contributed by atoms with E-state index in [2.05, 4.69) is 9.97 Å². The molecule has 6 nitrogen and oxygen atoms in total. The van der Waals surface area contributed by atoms with E-state index in [9.17, 15) is 9.59 Å². The molecule has 0 radical (unpaired) electrons. The maximum Gasteiger partial charge on any atom is 0.345 e. The number of hydrogen-bond acceptors (Lipinski definition) is 5. The molecule has 0 saturated heterocycles. The van der Waals surface area contributed by atoms with Crippen LogP contribution < -0.4 is 5.56 Å². The molecule has 0 aliphatic carbocycles. The second-order valence-corrected chi connectivity index (χ2v) is 3.98. The highest BCUT2D eigenvalue weighted by atomic mass is 16.5. The summed E-state index contributed by atoms with van der Waals surface area (Å²) in [4.78, 5) is 29.9. The van der Waals surface area contributed by atoms with Crippen molar-refractivity contribution in [2.75, 3.05) is 13.7 Å². The standard InChI is InChI=1S/C12H18N2O4/c1-5-12(3,17-4)11-13-7-8(9(15)14-11)10(16)18-6-2/h7H,5-6H2,1-4H3,(H,13,14,15). The summed E-state index contributed by atoms with van der Waals surface area (Å²) in [5.74, 6) is -0.279. The minimum atomic E-state index is -0.674. The first kappa shape index (κ1) is 14.4. The predicted molar refractivity (Wildman–Crippen MR) is 65.5 cm³/mol. The highest BCUT2D eigenvalue weighted by molar-refractivity contribution is 5.88. The van der Waals surface area contributed by atoms with Gasteiger partial charge in [0.1, 0.15) is 17.0 Å². The minimum absolute atomic E-state index is 0.102. The molecule has 1 rings (SSSR count). The number of carbonyl (C=O) groups is 1. The molecular formula is C12H18N2O4. The molecular weight excluding hydrogens is 236 g/mol. The second kappa shape index (κ2) is 5.77. The maximum atomic E-state index is 11.8. The van der Waals surface area contributed by atoms with E-state index in [0.717, 1.165) is 0 Å². The van der Waals surface area contributed by atoms with Crippen LogP contribution >= 0.6 is 0 Å². The number of aromatic nitrogens is 2. The molecule has 0 aliphatic rings. The molecule has 1 aromatic rings. The highest BCUT2D eigenvalue weighted by Gasteiger charge is 2.27. The van der Waals surface area contributed by atoms with Crippen molar-refractivity contribution in [1.82, 2.24) is 9.97 Å². The van der Waals surface area contributed by atoms with Crippen molar-refractivity contribution in [3.8, 4) is 0 Å². The number of ether oxygens (including phenoxy) is 2. The molecule has 0 spiro atoms. The molecule has 0 aliphatic heterocycles. The number of nitrogens with zero attached hydrogens (tertiary/aromatic N) is 1. The van der Waals surface area contributed by atoms with Gasteiger partial charge in [-0.15, -0.1) is 0 Å². The summed E-state index contributed by atoms with van der Waals surface area (Å²) in [6.45, 7) is 5.62. The molecule has 0 saturated carbocycles. The molecule has 1 N–H and O–H groups in total. The van der Waals surface area contributed by atoms with Gasteiger partial charge in [0.05, 0.1) is 6.61 Å². The van der Waals surface area contributed by atoms with Gasteiger partial charge < -0.3 is 14.5 Å². The lowest BCUT2D eigenvalue weighted by Crippen LogP contribution is -2.31. The largest absolute Gasteiger partial charge is 0.462 e. The Labute approximate surface area is 105 Å². The van der Waals surface area contributed by atoms with Crippen molar-refractivity contribution in [2.45, 2.75) is 32.8 Å². The molecule has 100 valence electrons. The Morgan fingerprint density at radius 2 is 2.17 bits per heavy atom. The molecule has 1 heterocycles. The first-order valence-corrected chi connectivity index (χ1v) is 5.80. The van der Waals surface area contributed by atoms with E-state index in [-0.39, 0.29) is 12.2 Å². The predicted octanol–water partition coefficient (Wildman–Crippen LogP) is 1.22. The first-order chi connectivity index (χ1) is 8.48. The number of aromatic amines is 1. The summed E-state index contributed by atoms with van der Waals surface area (Å²) in [7, 11) is 1.54. The number of methoxy groups -OCH3 is 1. The number of rotatable bonds is 5. The van der Waals surface area contributed by atoms with E-state index in [1.807, 2.05) is 13.8 Å². The summed E-state index contributed by atoms with van der Waals surface area (Å²) in [6.07, 6.45) is 1.87. The average Bonchev–Trinajstić information content (AvgIpc) is 2.37. The fourth-order valence-electron chi connectivity index (χ4n) is 1.43. The fourth-order valence-corrected chi connectivity index (χ4v) is 1.43. The van der Waals surface area contributed by atoms with Crippen LogP contribution in [0.2, 0.25) is 0 Å². The van der Waals surface area contributed by atoms with Gasteiger partial charge in [0, 0.05) is 13.3 Å². The van der Waals surface area contributed by atoms with E-state index in [1.54, 1.807) is 14.0 Å². The van der Waals surface area contributed by atoms with Crippen LogP contribution in [0.5, 0.6) is 0 Å². The molecule has 1 atom stereocenters. The topological polar surface area (TPSA) is 81.3 Å². The highest BCUT2D eigenvalue weighted by Crippen LogP contribution is 2.23. The van der Waals surface area contributed by atoms with Crippen LogP contribution in [0, 0.1) is 0 Å². The van der Waals surface area contributed by atoms with Crippen molar-refractivity contribution in [2.24, 2.45) is 0 Å². The lowest BCUT2D eigenvalue weighted by molar-refractivity contribution is -0.00929. The normalized spacial score (nSPS) is 14.0. The van der Waals surface area contributed by atoms with Gasteiger partial charge in [-0.05, 0) is 20.3 Å². The van der Waals surface area contributed by atoms with Crippen LogP contribution in [0.4, 0.5) is 0 Å². The van der Waals surface area contributed by atoms with Gasteiger partial charge in [0.15, 0.2) is 0 Å². The Bertz CT molecular complexity index is 477. The van der Waals surface area contributed by atoms with Crippen LogP contribution in [0.3, 0.4) is 0 Å². The van der Waals surface area contributed by atoms with Crippen LogP contribution in [-0.2, 0) is 15.1 Å². The lowest BCUT2D eigenvalue weighted by atomic mass is 10.0. The lowest BCUT2D eigenvalue weighted by Gasteiger charge is -2.25. The van der Waals surface area contributed by atoms with Gasteiger partial charge in [-0.3, -0.25) is 4.79 Å². The third-order valence-corrected chi connectivity index (χ3v) is 2.92. The summed E-state index contributed by atoms with van der Waals surface area (Å²) in [5.41, 5.74) is -1.29. The fraction of sp³-hybridized carbons (Fsp3) is 0.583. The Morgan fingerprint density at radius 3 is 2.61 bits per heavy atom. The van der Waals surface area contributed by atoms with Crippen molar-refractivity contribution in [1.29, 1.82) is 0 Å². The SMILES string of the molecule is CCOC(=O)c1cnc(C(C)(CC)OC)[nH]c1=O. The third kappa shape index (κ3) is 2.76. The number of H-pyrrole nitrogens is 1. The molecule has 6 heteroatoms. The zero-order valence-electron chi connectivity index (χ0n) is 11.1. The van der Waals surface area contributed by atoms with E-state index in [0.29, 0.717) is 12.2 Å². The average molecular weight is 254 g/mol. The quantitative estimate of drug-likeness (QED) is 0.799. The van der Waals surface area contributed by atoms with E-state index >= 15 is 0 Å². The van der Waals surface area contributed by atoms with Gasteiger partial charge in [-0.2, -0.15) is 0 Å². The summed E-state index contributed by atoms with van der Waals surface area (Å²) >= 11 is 0. The van der Waals surface area contributed by atoms with Gasteiger partial charge in [0.2, 0.25) is 0 Å². The van der Waals surface area contributed by atoms with Crippen LogP contribution in [-0.4, -0.2) is 29.7 Å². The zero-order valence-corrected chi connectivity index (χ0v) is 11.1. The van der Waals surface area contributed by atoms with Crippen LogP contribution in [0.1, 0.15) is 43.4 Å². The van der Waals surface area contributed by atoms with E-state index in [1.165, 1.54) is 6.20 Å². The molecule has 0 fully saturated rings. The van der Waals surface area contributed by atoms with Crippen molar-refractivity contribution >= 4 is 5.97 Å². The van der Waals surface area contributed by atoms with Crippen LogP contribution in [0.25, 0.3) is 0 Å². The summed E-state index contributed by atoms with van der Waals surface area (Å²) < 4.78 is 10.1.